The van der Waals surface area contributed by atoms with Crippen molar-refractivity contribution in [2.75, 3.05) is 7.11 Å². The molecule has 1 nitrogen and oxygen atoms in total. The normalized spacial score (nSPS) is 11.5. The summed E-state index contributed by atoms with van der Waals surface area (Å²) in [5.41, 5.74) is -0.0974. The van der Waals surface area contributed by atoms with Crippen molar-refractivity contribution in [3.63, 3.8) is 0 Å². The molecule has 0 heterocycles. The lowest BCUT2D eigenvalue weighted by atomic mass is 9.84. The van der Waals surface area contributed by atoms with Crippen LogP contribution < -0.4 is 4.74 Å². The first-order chi connectivity index (χ1) is 16.2. The highest BCUT2D eigenvalue weighted by atomic mass is 35.5. The average molecular weight is 756 g/mol. The molecule has 0 aliphatic heterocycles. The van der Waals surface area contributed by atoms with Gasteiger partial charge in [0.1, 0.15) is 10.0 Å². The molecule has 0 saturated carbocycles. The van der Waals surface area contributed by atoms with Gasteiger partial charge in [-0.25, -0.2) is 0 Å². The Morgan fingerprint density at radius 1 is 0.343 bits per heavy atom. The van der Waals surface area contributed by atoms with Crippen molar-refractivity contribution >= 4 is 162 Å². The molecule has 0 spiro atoms. The van der Waals surface area contributed by atoms with Crippen LogP contribution in [-0.2, 0) is 0 Å². The first-order valence-electron chi connectivity index (χ1n) is 8.51. The van der Waals surface area contributed by atoms with E-state index in [9.17, 15) is 0 Å². The molecular weight excluding hydrogens is 753 g/mol. The Morgan fingerprint density at radius 2 is 0.543 bits per heavy atom. The van der Waals surface area contributed by atoms with Gasteiger partial charge >= 0.3 is 0 Å². The van der Waals surface area contributed by atoms with Crippen molar-refractivity contribution in [3.05, 3.63) is 92.9 Å². The van der Waals surface area contributed by atoms with Crippen molar-refractivity contribution in [3.8, 4) is 5.75 Å². The van der Waals surface area contributed by atoms with Crippen molar-refractivity contribution < 1.29 is 4.74 Å². The first-order valence-corrected chi connectivity index (χ1v) is 13.8. The first kappa shape index (κ1) is 31.1. The fourth-order valence-electron chi connectivity index (χ4n) is 3.03. The molecule has 15 heteroatoms. The Morgan fingerprint density at radius 3 is 0.771 bits per heavy atom. The molecule has 0 amide bonds. The summed E-state index contributed by atoms with van der Waals surface area (Å²) in [6.45, 7) is 0. The van der Waals surface area contributed by atoms with Crippen molar-refractivity contribution in [1.29, 1.82) is 0 Å². The monoisotopic (exact) mass is 749 g/mol. The second kappa shape index (κ2) is 11.9. The fourth-order valence-corrected chi connectivity index (χ4v) is 6.87. The van der Waals surface area contributed by atoms with Crippen LogP contribution in [0.15, 0.2) is 0 Å². The largest absolute Gasteiger partial charge is 0.494 e. The maximum atomic E-state index is 6.65. The third-order valence-corrected chi connectivity index (χ3v) is 10.8. The zero-order chi connectivity index (χ0) is 26.7. The predicted molar refractivity (Wildman–Crippen MR) is 157 cm³/mol. The number of ether oxygens (including phenoxy) is 1. The van der Waals surface area contributed by atoms with Crippen molar-refractivity contribution in [1.82, 2.24) is 0 Å². The third-order valence-electron chi connectivity index (χ3n) is 4.60. The van der Waals surface area contributed by atoms with Gasteiger partial charge in [0.2, 0.25) is 0 Å². The quantitative estimate of drug-likeness (QED) is 0.146. The molecule has 187 valence electrons. The molecule has 0 aliphatic rings. The van der Waals surface area contributed by atoms with Crippen LogP contribution in [0, 0.1) is 5.92 Å². The van der Waals surface area contributed by atoms with E-state index in [4.69, 9.17) is 167 Å². The molecule has 0 aromatic heterocycles. The molecular formula is C20H3Cl14O. The van der Waals surface area contributed by atoms with E-state index in [-0.39, 0.29) is 98.7 Å². The van der Waals surface area contributed by atoms with E-state index in [1.54, 1.807) is 0 Å². The van der Waals surface area contributed by atoms with E-state index in [2.05, 4.69) is 0 Å². The number of benzene rings is 3. The van der Waals surface area contributed by atoms with Crippen LogP contribution >= 0.6 is 162 Å². The average Bonchev–Trinajstić information content (AvgIpc) is 2.83. The summed E-state index contributed by atoms with van der Waals surface area (Å²) in [5.74, 6) is -0.0300. The SMILES string of the molecule is COc1c(Cl)c(Cl)c([C](c2c(Cl)c(Cl)c(Cl)c(Cl)c2Cl)c2c(Cl)c(Cl)c(Cl)c(Cl)c2Cl)c(Cl)c1Cl. The Balaban J connectivity index is 2.68. The topological polar surface area (TPSA) is 9.23 Å². The summed E-state index contributed by atoms with van der Waals surface area (Å²) in [6, 6.07) is 0. The molecule has 35 heavy (non-hydrogen) atoms. The van der Waals surface area contributed by atoms with E-state index in [0.29, 0.717) is 0 Å². The molecule has 0 atom stereocenters. The molecule has 0 fully saturated rings. The lowest BCUT2D eigenvalue weighted by molar-refractivity contribution is 0.415. The van der Waals surface area contributed by atoms with Gasteiger partial charge in [0.25, 0.3) is 0 Å². The van der Waals surface area contributed by atoms with Crippen LogP contribution in [0.5, 0.6) is 5.75 Å². The second-order valence-corrected chi connectivity index (χ2v) is 11.7. The minimum Gasteiger partial charge on any atom is -0.494 e. The van der Waals surface area contributed by atoms with Crippen LogP contribution in [0.4, 0.5) is 0 Å². The van der Waals surface area contributed by atoms with Crippen molar-refractivity contribution in [2.24, 2.45) is 0 Å². The minimum absolute atomic E-state index is 0.000151. The zero-order valence-corrected chi connectivity index (χ0v) is 26.8. The number of hydrogen-bond donors (Lipinski definition) is 0. The Labute approximate surface area is 270 Å². The van der Waals surface area contributed by atoms with Gasteiger partial charge in [-0.05, 0) is 0 Å². The highest BCUT2D eigenvalue weighted by molar-refractivity contribution is 6.57. The van der Waals surface area contributed by atoms with Gasteiger partial charge in [-0.3, -0.25) is 0 Å². The molecule has 3 aromatic carbocycles. The summed E-state index contributed by atoms with van der Waals surface area (Å²) < 4.78 is 5.22. The standard InChI is InChI=1S/C20H3Cl14O/c1-35-20-18(33)10(25)5(11(26)19(20)34)2(3-6(21)12(27)16(31)13(28)7(3)22)4-8(23)14(29)17(32)15(30)9(4)24/h1H3. The van der Waals surface area contributed by atoms with Gasteiger partial charge in [-0.1, -0.05) is 162 Å². The van der Waals surface area contributed by atoms with E-state index in [0.717, 1.165) is 0 Å². The van der Waals surface area contributed by atoms with Gasteiger partial charge in [-0.2, -0.15) is 0 Å². The third kappa shape index (κ3) is 5.21. The molecule has 1 radical (unpaired) electrons. The van der Waals surface area contributed by atoms with E-state index < -0.39 is 0 Å². The number of rotatable bonds is 4. The fraction of sp³-hybridized carbons (Fsp3) is 0.0500. The maximum absolute atomic E-state index is 6.65. The van der Waals surface area contributed by atoms with Crippen LogP contribution in [0.25, 0.3) is 0 Å². The Kier molecular flexibility index (Phi) is 10.6. The molecule has 0 saturated heterocycles. The Bertz CT molecular complexity index is 1230. The molecule has 0 bridgehead atoms. The van der Waals surface area contributed by atoms with Crippen LogP contribution in [-0.4, -0.2) is 7.11 Å². The summed E-state index contributed by atoms with van der Waals surface area (Å²) in [6.07, 6.45) is 0. The van der Waals surface area contributed by atoms with Crippen LogP contribution in [0.2, 0.25) is 70.3 Å². The van der Waals surface area contributed by atoms with Gasteiger partial charge in [-0.15, -0.1) is 0 Å². The Hall–Kier alpha value is 1.52. The van der Waals surface area contributed by atoms with E-state index in [1.165, 1.54) is 7.11 Å². The zero-order valence-electron chi connectivity index (χ0n) is 16.2. The van der Waals surface area contributed by atoms with Gasteiger partial charge < -0.3 is 4.74 Å². The van der Waals surface area contributed by atoms with Crippen LogP contribution in [0.3, 0.4) is 0 Å². The smallest absolute Gasteiger partial charge is 0.159 e. The summed E-state index contributed by atoms with van der Waals surface area (Å²) >= 11 is 90.3. The second-order valence-electron chi connectivity index (χ2n) is 6.43. The molecule has 0 N–H and O–H groups in total. The number of hydrogen-bond acceptors (Lipinski definition) is 1. The maximum Gasteiger partial charge on any atom is 0.159 e. The summed E-state index contributed by atoms with van der Waals surface area (Å²) in [4.78, 5) is 0. The van der Waals surface area contributed by atoms with Crippen molar-refractivity contribution in [2.45, 2.75) is 0 Å². The summed E-state index contributed by atoms with van der Waals surface area (Å²) in [5, 5.41) is -1.95. The predicted octanol–water partition coefficient (Wildman–Crippen LogP) is 13.9. The van der Waals surface area contributed by atoms with Gasteiger partial charge in [0.05, 0.1) is 73.3 Å². The molecule has 3 aromatic rings. The van der Waals surface area contributed by atoms with E-state index in [1.807, 2.05) is 0 Å². The lowest BCUT2D eigenvalue weighted by Gasteiger charge is -2.27. The minimum atomic E-state index is -0.161. The molecule has 3 rings (SSSR count). The van der Waals surface area contributed by atoms with Crippen LogP contribution in [0.1, 0.15) is 16.7 Å². The highest BCUT2D eigenvalue weighted by Crippen LogP contribution is 2.58. The van der Waals surface area contributed by atoms with Gasteiger partial charge in [0, 0.05) is 16.7 Å². The summed E-state index contributed by atoms with van der Waals surface area (Å²) in [7, 11) is 1.32. The number of halogens is 14. The van der Waals surface area contributed by atoms with Gasteiger partial charge in [0.15, 0.2) is 5.75 Å². The van der Waals surface area contributed by atoms with E-state index >= 15 is 0 Å². The highest BCUT2D eigenvalue weighted by Gasteiger charge is 2.38. The lowest BCUT2D eigenvalue weighted by Crippen LogP contribution is -2.12. The molecule has 0 unspecified atom stereocenters. The number of methoxy groups -OCH3 is 1. The molecule has 0 aliphatic carbocycles.